The van der Waals surface area contributed by atoms with E-state index in [-0.39, 0.29) is 11.6 Å². The largest absolute Gasteiger partial charge is 0.416 e. The van der Waals surface area contributed by atoms with Gasteiger partial charge in [-0.1, -0.05) is 46.8 Å². The molecule has 2 aromatic carbocycles. The van der Waals surface area contributed by atoms with Crippen LogP contribution in [-0.4, -0.2) is 11.8 Å². The van der Waals surface area contributed by atoms with Crippen molar-refractivity contribution in [2.45, 2.75) is 54.1 Å². The minimum atomic E-state index is -4.48. The predicted molar refractivity (Wildman–Crippen MR) is 117 cm³/mol. The lowest BCUT2D eigenvalue weighted by molar-refractivity contribution is -0.137. The fraction of sp³-hybridized carbons (Fsp3) is 0.417. The van der Waals surface area contributed by atoms with Gasteiger partial charge in [0.05, 0.1) is 5.56 Å². The van der Waals surface area contributed by atoms with E-state index in [1.807, 2.05) is 45.9 Å². The fourth-order valence-corrected chi connectivity index (χ4v) is 3.02. The standard InChI is InChI=1S/C24H29F3N2O2/c1-15-10-16(12-19(11-15)29-20(30)22(2,3)4)14-23(5,6)21(31)28-18-9-7-8-17(13-18)24(25,26)27/h7-13H,14H2,1-6H3,(H,28,31)(H,29,30). The second kappa shape index (κ2) is 8.73. The van der Waals surface area contributed by atoms with Crippen LogP contribution in [0, 0.1) is 17.8 Å². The normalized spacial score (nSPS) is 12.4. The van der Waals surface area contributed by atoms with Gasteiger partial charge in [0.1, 0.15) is 0 Å². The van der Waals surface area contributed by atoms with Crippen LogP contribution in [0.25, 0.3) is 0 Å². The first-order chi connectivity index (χ1) is 14.1. The minimum Gasteiger partial charge on any atom is -0.326 e. The molecule has 0 saturated carbocycles. The molecule has 0 aliphatic rings. The Labute approximate surface area is 181 Å². The zero-order valence-electron chi connectivity index (χ0n) is 18.7. The maximum Gasteiger partial charge on any atom is 0.416 e. The number of carbonyl (C=O) groups is 2. The molecule has 0 atom stereocenters. The molecular weight excluding hydrogens is 405 g/mol. The van der Waals surface area contributed by atoms with Crippen LogP contribution in [0.15, 0.2) is 42.5 Å². The Hall–Kier alpha value is -2.83. The van der Waals surface area contributed by atoms with E-state index in [9.17, 15) is 22.8 Å². The Morgan fingerprint density at radius 3 is 2.03 bits per heavy atom. The van der Waals surface area contributed by atoms with Crippen LogP contribution >= 0.6 is 0 Å². The van der Waals surface area contributed by atoms with Crippen molar-refractivity contribution in [1.29, 1.82) is 0 Å². The quantitative estimate of drug-likeness (QED) is 0.588. The maximum absolute atomic E-state index is 12.9. The number of amides is 2. The van der Waals surface area contributed by atoms with Crippen LogP contribution in [0.4, 0.5) is 24.5 Å². The summed E-state index contributed by atoms with van der Waals surface area (Å²) >= 11 is 0. The number of benzene rings is 2. The van der Waals surface area contributed by atoms with Gasteiger partial charge < -0.3 is 10.6 Å². The Morgan fingerprint density at radius 2 is 1.45 bits per heavy atom. The smallest absolute Gasteiger partial charge is 0.326 e. The van der Waals surface area contributed by atoms with Gasteiger partial charge in [0, 0.05) is 22.2 Å². The molecule has 2 N–H and O–H groups in total. The van der Waals surface area contributed by atoms with Gasteiger partial charge >= 0.3 is 6.18 Å². The van der Waals surface area contributed by atoms with E-state index in [4.69, 9.17) is 0 Å². The van der Waals surface area contributed by atoms with Crippen molar-refractivity contribution >= 4 is 23.2 Å². The summed E-state index contributed by atoms with van der Waals surface area (Å²) in [7, 11) is 0. The van der Waals surface area contributed by atoms with Crippen LogP contribution < -0.4 is 10.6 Å². The molecule has 0 aliphatic heterocycles. The van der Waals surface area contributed by atoms with Crippen LogP contribution in [0.1, 0.15) is 51.3 Å². The summed E-state index contributed by atoms with van der Waals surface area (Å²) in [4.78, 5) is 25.1. The van der Waals surface area contributed by atoms with Crippen molar-refractivity contribution in [3.05, 3.63) is 59.2 Å². The molecule has 0 fully saturated rings. The third-order valence-corrected chi connectivity index (χ3v) is 4.78. The SMILES string of the molecule is Cc1cc(CC(C)(C)C(=O)Nc2cccc(C(F)(F)F)c2)cc(NC(=O)C(C)(C)C)c1. The lowest BCUT2D eigenvalue weighted by atomic mass is 9.84. The summed E-state index contributed by atoms with van der Waals surface area (Å²) < 4.78 is 38.8. The van der Waals surface area contributed by atoms with Crippen LogP contribution in [-0.2, 0) is 22.2 Å². The third-order valence-electron chi connectivity index (χ3n) is 4.78. The topological polar surface area (TPSA) is 58.2 Å². The third kappa shape index (κ3) is 6.84. The number of carbonyl (C=O) groups excluding carboxylic acids is 2. The Bertz CT molecular complexity index is 974. The Balaban J connectivity index is 2.18. The van der Waals surface area contributed by atoms with E-state index in [1.54, 1.807) is 13.8 Å². The van der Waals surface area contributed by atoms with Gasteiger partial charge in [-0.3, -0.25) is 9.59 Å². The second-order valence-corrected chi connectivity index (χ2v) is 9.50. The van der Waals surface area contributed by atoms with Crippen molar-refractivity contribution in [1.82, 2.24) is 0 Å². The highest BCUT2D eigenvalue weighted by Crippen LogP contribution is 2.32. The van der Waals surface area contributed by atoms with E-state index in [0.717, 1.165) is 23.3 Å². The van der Waals surface area contributed by atoms with Crippen molar-refractivity contribution < 1.29 is 22.8 Å². The maximum atomic E-state index is 12.9. The molecule has 0 heterocycles. The van der Waals surface area contributed by atoms with Gasteiger partial charge in [0.25, 0.3) is 0 Å². The molecule has 2 rings (SSSR count). The summed E-state index contributed by atoms with van der Waals surface area (Å²) in [5.74, 6) is -0.515. The van der Waals surface area contributed by atoms with E-state index in [0.29, 0.717) is 12.1 Å². The number of alkyl halides is 3. The van der Waals surface area contributed by atoms with Gasteiger partial charge in [0.15, 0.2) is 0 Å². The first kappa shape index (κ1) is 24.4. The second-order valence-electron chi connectivity index (χ2n) is 9.50. The van der Waals surface area contributed by atoms with Crippen LogP contribution in [0.2, 0.25) is 0 Å². The molecule has 168 valence electrons. The highest BCUT2D eigenvalue weighted by Gasteiger charge is 2.32. The van der Waals surface area contributed by atoms with Gasteiger partial charge in [-0.15, -0.1) is 0 Å². The molecule has 2 aromatic rings. The van der Waals surface area contributed by atoms with E-state index < -0.39 is 28.5 Å². The molecule has 0 aliphatic carbocycles. The molecule has 7 heteroatoms. The van der Waals surface area contributed by atoms with E-state index in [2.05, 4.69) is 10.6 Å². The molecule has 2 amide bonds. The summed E-state index contributed by atoms with van der Waals surface area (Å²) in [6, 6.07) is 10.2. The number of aryl methyl sites for hydroxylation is 1. The number of nitrogens with one attached hydrogen (secondary N) is 2. The highest BCUT2D eigenvalue weighted by atomic mass is 19.4. The Kier molecular flexibility index (Phi) is 6.88. The molecule has 0 unspecified atom stereocenters. The van der Waals surface area contributed by atoms with E-state index in [1.165, 1.54) is 12.1 Å². The first-order valence-electron chi connectivity index (χ1n) is 9.99. The lowest BCUT2D eigenvalue weighted by Crippen LogP contribution is -2.33. The molecule has 31 heavy (non-hydrogen) atoms. The monoisotopic (exact) mass is 434 g/mol. The van der Waals surface area contributed by atoms with Crippen molar-refractivity contribution in [2.75, 3.05) is 10.6 Å². The lowest BCUT2D eigenvalue weighted by Gasteiger charge is -2.25. The molecule has 0 aromatic heterocycles. The van der Waals surface area contributed by atoms with Crippen LogP contribution in [0.5, 0.6) is 0 Å². The summed E-state index contributed by atoms with van der Waals surface area (Å²) in [6.07, 6.45) is -4.14. The van der Waals surface area contributed by atoms with Gasteiger partial charge in [-0.25, -0.2) is 0 Å². The van der Waals surface area contributed by atoms with Crippen molar-refractivity contribution in [3.8, 4) is 0 Å². The number of hydrogen-bond donors (Lipinski definition) is 2. The zero-order chi connectivity index (χ0) is 23.6. The number of halogens is 3. The molecule has 4 nitrogen and oxygen atoms in total. The average Bonchev–Trinajstić information content (AvgIpc) is 2.59. The van der Waals surface area contributed by atoms with Gasteiger partial charge in [-0.2, -0.15) is 13.2 Å². The van der Waals surface area contributed by atoms with Gasteiger partial charge in [0.2, 0.25) is 11.8 Å². The predicted octanol–water partition coefficient (Wildman–Crippen LogP) is 6.21. The molecule has 0 radical (unpaired) electrons. The van der Waals surface area contributed by atoms with Crippen LogP contribution in [0.3, 0.4) is 0 Å². The highest BCUT2D eigenvalue weighted by molar-refractivity contribution is 5.96. The number of rotatable bonds is 5. The minimum absolute atomic E-state index is 0.0928. The molecule has 0 saturated heterocycles. The first-order valence-corrected chi connectivity index (χ1v) is 9.99. The molecular formula is C24H29F3N2O2. The Morgan fingerprint density at radius 1 is 0.839 bits per heavy atom. The average molecular weight is 435 g/mol. The van der Waals surface area contributed by atoms with Crippen molar-refractivity contribution in [3.63, 3.8) is 0 Å². The fourth-order valence-electron chi connectivity index (χ4n) is 3.02. The van der Waals surface area contributed by atoms with Crippen molar-refractivity contribution in [2.24, 2.45) is 10.8 Å². The van der Waals surface area contributed by atoms with E-state index >= 15 is 0 Å². The number of anilines is 2. The van der Waals surface area contributed by atoms with Gasteiger partial charge in [-0.05, 0) is 54.8 Å². The summed E-state index contributed by atoms with van der Waals surface area (Å²) in [5, 5.41) is 5.48. The molecule has 0 spiro atoms. The summed E-state index contributed by atoms with van der Waals surface area (Å²) in [6.45, 7) is 10.8. The summed E-state index contributed by atoms with van der Waals surface area (Å²) in [5.41, 5.74) is 0.242. The zero-order valence-corrected chi connectivity index (χ0v) is 18.7. The molecule has 0 bridgehead atoms. The number of hydrogen-bond acceptors (Lipinski definition) is 2.